The van der Waals surface area contributed by atoms with Gasteiger partial charge in [-0.05, 0) is 6.92 Å². The predicted molar refractivity (Wildman–Crippen MR) is 48.0 cm³/mol. The number of hydrogen-bond donors (Lipinski definition) is 0. The van der Waals surface area contributed by atoms with Gasteiger partial charge in [-0.15, -0.1) is 20.7 Å². The van der Waals surface area contributed by atoms with Crippen LogP contribution in [0.1, 0.15) is 5.56 Å². The van der Waals surface area contributed by atoms with Crippen molar-refractivity contribution in [2.75, 3.05) is 0 Å². The fourth-order valence-electron chi connectivity index (χ4n) is 0.677. The predicted octanol–water partition coefficient (Wildman–Crippen LogP) is 1.79. The van der Waals surface area contributed by atoms with E-state index in [9.17, 15) is 2.96 Å². The van der Waals surface area contributed by atoms with Crippen molar-refractivity contribution >= 4 is 41.6 Å². The van der Waals surface area contributed by atoms with Gasteiger partial charge in [-0.2, -0.15) is 0 Å². The first kappa shape index (κ1) is 10.4. The lowest BCUT2D eigenvalue weighted by Crippen LogP contribution is -2.07. The van der Waals surface area contributed by atoms with Crippen molar-refractivity contribution in [3.8, 4) is 0 Å². The van der Waals surface area contributed by atoms with E-state index in [0.717, 1.165) is 3.69 Å². The van der Waals surface area contributed by atoms with Crippen LogP contribution >= 0.6 is 17.0 Å². The van der Waals surface area contributed by atoms with Gasteiger partial charge < -0.3 is 2.96 Å². The SMILES string of the molecule is Br.Cc1cc[c]([Mg][F])cc1. The molecule has 10 heavy (non-hydrogen) atoms. The summed E-state index contributed by atoms with van der Waals surface area (Å²) in [5.41, 5.74) is 1.20. The Morgan fingerprint density at radius 3 is 2.10 bits per heavy atom. The maximum absolute atomic E-state index is 12.0. The molecule has 0 aromatic heterocycles. The third kappa shape index (κ3) is 2.99. The Labute approximate surface area is 81.1 Å². The Bertz CT molecular complexity index is 185. The molecule has 0 amide bonds. The molecular weight excluding hydrogens is 207 g/mol. The molecule has 0 spiro atoms. The molecular formula is C7H8BrFMg. The van der Waals surface area contributed by atoms with Crippen molar-refractivity contribution in [3.63, 3.8) is 0 Å². The summed E-state index contributed by atoms with van der Waals surface area (Å²) < 4.78 is 12.9. The molecule has 0 aliphatic heterocycles. The first-order valence-electron chi connectivity index (χ1n) is 2.94. The lowest BCUT2D eigenvalue weighted by Gasteiger charge is -1.92. The number of benzene rings is 1. The van der Waals surface area contributed by atoms with Crippen LogP contribution in [0.4, 0.5) is 2.96 Å². The third-order valence-corrected chi connectivity index (χ3v) is 2.05. The summed E-state index contributed by atoms with van der Waals surface area (Å²) in [7, 11) is 0. The highest BCUT2D eigenvalue weighted by molar-refractivity contribution is 8.93. The second-order valence-corrected chi connectivity index (χ2v) is 3.20. The van der Waals surface area contributed by atoms with Crippen molar-refractivity contribution in [1.82, 2.24) is 0 Å². The van der Waals surface area contributed by atoms with Gasteiger partial charge in [-0.3, -0.25) is 0 Å². The molecule has 0 saturated heterocycles. The molecule has 1 aromatic rings. The molecule has 1 rings (SSSR count). The Kier molecular flexibility index (Phi) is 5.30. The minimum absolute atomic E-state index is 0. The van der Waals surface area contributed by atoms with E-state index in [1.807, 2.05) is 31.2 Å². The lowest BCUT2D eigenvalue weighted by molar-refractivity contribution is 0.885. The molecule has 0 bridgehead atoms. The number of aryl methyl sites for hydroxylation is 1. The van der Waals surface area contributed by atoms with E-state index in [1.54, 1.807) is 0 Å². The molecule has 1 aromatic carbocycles. The van der Waals surface area contributed by atoms with Gasteiger partial charge in [0.15, 0.2) is 0 Å². The molecule has 0 aliphatic rings. The Hall–Kier alpha value is 0.396. The number of halogens is 2. The first-order valence-corrected chi connectivity index (χ1v) is 4.18. The smallest absolute Gasteiger partial charge is 0.475 e. The van der Waals surface area contributed by atoms with E-state index < -0.39 is 20.9 Å². The summed E-state index contributed by atoms with van der Waals surface area (Å²) in [6.07, 6.45) is 0. The summed E-state index contributed by atoms with van der Waals surface area (Å²) in [4.78, 5) is 0. The van der Waals surface area contributed by atoms with E-state index in [-0.39, 0.29) is 17.0 Å². The van der Waals surface area contributed by atoms with Gasteiger partial charge >= 0.3 is 20.9 Å². The molecule has 0 heterocycles. The van der Waals surface area contributed by atoms with Gasteiger partial charge in [0.25, 0.3) is 0 Å². The van der Waals surface area contributed by atoms with Crippen LogP contribution < -0.4 is 3.69 Å². The molecule has 0 radical (unpaired) electrons. The molecule has 0 nitrogen and oxygen atoms in total. The largest absolute Gasteiger partial charge is 0.652 e. The second kappa shape index (κ2) is 5.10. The maximum atomic E-state index is 12.0. The highest BCUT2D eigenvalue weighted by Gasteiger charge is 1.95. The van der Waals surface area contributed by atoms with Crippen molar-refractivity contribution in [3.05, 3.63) is 29.8 Å². The Morgan fingerprint density at radius 2 is 1.70 bits per heavy atom. The molecule has 0 unspecified atom stereocenters. The molecule has 0 fully saturated rings. The normalized spacial score (nSPS) is 7.80. The van der Waals surface area contributed by atoms with Crippen molar-refractivity contribution in [1.29, 1.82) is 0 Å². The Morgan fingerprint density at radius 1 is 1.20 bits per heavy atom. The molecule has 52 valence electrons. The highest BCUT2D eigenvalue weighted by atomic mass is 79.9. The fraction of sp³-hybridized carbons (Fsp3) is 0.143. The minimum atomic E-state index is -1.42. The van der Waals surface area contributed by atoms with Crippen molar-refractivity contribution in [2.45, 2.75) is 6.92 Å². The van der Waals surface area contributed by atoms with E-state index in [2.05, 4.69) is 0 Å². The van der Waals surface area contributed by atoms with Gasteiger partial charge in [0.05, 0.1) is 0 Å². The number of rotatable bonds is 1. The molecule has 0 N–H and O–H groups in total. The van der Waals surface area contributed by atoms with Crippen molar-refractivity contribution < 1.29 is 2.96 Å². The zero-order valence-corrected chi connectivity index (χ0v) is 8.93. The van der Waals surface area contributed by atoms with Crippen LogP contribution in [0.3, 0.4) is 0 Å². The summed E-state index contributed by atoms with van der Waals surface area (Å²) >= 11 is -1.42. The van der Waals surface area contributed by atoms with Crippen LogP contribution in [-0.2, 0) is 0 Å². The lowest BCUT2D eigenvalue weighted by atomic mass is 10.2. The maximum Gasteiger partial charge on any atom is 0.652 e. The van der Waals surface area contributed by atoms with E-state index in [0.29, 0.717) is 0 Å². The third-order valence-electron chi connectivity index (χ3n) is 1.27. The zero-order valence-electron chi connectivity index (χ0n) is 5.80. The number of hydrogen-bond acceptors (Lipinski definition) is 0. The first-order chi connectivity index (χ1) is 4.33. The monoisotopic (exact) mass is 214 g/mol. The topological polar surface area (TPSA) is 0 Å². The summed E-state index contributed by atoms with van der Waals surface area (Å²) in [6, 6.07) is 7.62. The van der Waals surface area contributed by atoms with Gasteiger partial charge in [-0.1, -0.05) is 29.8 Å². The van der Waals surface area contributed by atoms with E-state index in [4.69, 9.17) is 0 Å². The van der Waals surface area contributed by atoms with Gasteiger partial charge in [-0.25, -0.2) is 0 Å². The highest BCUT2D eigenvalue weighted by Crippen LogP contribution is 1.91. The Balaban J connectivity index is 0.000000810. The van der Waals surface area contributed by atoms with Crippen LogP contribution in [0.25, 0.3) is 0 Å². The summed E-state index contributed by atoms with van der Waals surface area (Å²) in [5.74, 6) is 0. The van der Waals surface area contributed by atoms with E-state index in [1.165, 1.54) is 5.56 Å². The van der Waals surface area contributed by atoms with Crippen LogP contribution in [0.2, 0.25) is 0 Å². The molecule has 0 aliphatic carbocycles. The average molecular weight is 215 g/mol. The zero-order chi connectivity index (χ0) is 6.69. The van der Waals surface area contributed by atoms with Crippen LogP contribution in [-0.4, -0.2) is 20.9 Å². The van der Waals surface area contributed by atoms with Crippen LogP contribution in [0.15, 0.2) is 24.3 Å². The van der Waals surface area contributed by atoms with Gasteiger partial charge in [0.2, 0.25) is 0 Å². The molecule has 3 heteroatoms. The molecule has 0 saturated carbocycles. The second-order valence-electron chi connectivity index (χ2n) is 2.12. The summed E-state index contributed by atoms with van der Waals surface area (Å²) in [6.45, 7) is 2.00. The standard InChI is InChI=1S/C7H7.BrH.FH.Mg/c1-7-5-3-2-4-6-7;;;/h3-6H,1H3;2*1H;/q;;;+1/p-1. The minimum Gasteiger partial charge on any atom is -0.475 e. The van der Waals surface area contributed by atoms with Crippen LogP contribution in [0, 0.1) is 6.92 Å². The average Bonchev–Trinajstić information content (AvgIpc) is 1.90. The van der Waals surface area contributed by atoms with Gasteiger partial charge in [0, 0.05) is 0 Å². The van der Waals surface area contributed by atoms with E-state index >= 15 is 0 Å². The fourth-order valence-corrected chi connectivity index (χ4v) is 1.09. The quantitative estimate of drug-likeness (QED) is 0.627. The van der Waals surface area contributed by atoms with Crippen LogP contribution in [0.5, 0.6) is 0 Å². The van der Waals surface area contributed by atoms with Crippen molar-refractivity contribution in [2.24, 2.45) is 0 Å². The van der Waals surface area contributed by atoms with Gasteiger partial charge in [0.1, 0.15) is 0 Å². The molecule has 0 atom stereocenters. The summed E-state index contributed by atoms with van der Waals surface area (Å²) in [5, 5.41) is 0.